The highest BCUT2D eigenvalue weighted by atomic mass is 16.5. The fraction of sp³-hybridized carbons (Fsp3) is 0.263. The second-order valence-electron chi connectivity index (χ2n) is 5.66. The van der Waals surface area contributed by atoms with E-state index in [0.29, 0.717) is 30.8 Å². The standard InChI is InChI=1S/C19H20N2O3/c1-24-16-9-6-15(7-10-16)19(23)20-12-13-21-17-5-3-2-4-14(17)8-11-18(21)22/h2-7,9-10H,8,11-13H2,1H3,(H,20,23). The number of rotatable bonds is 5. The molecule has 0 aliphatic carbocycles. The largest absolute Gasteiger partial charge is 0.497 e. The number of carbonyl (C=O) groups is 2. The van der Waals surface area contributed by atoms with Gasteiger partial charge in [0.2, 0.25) is 5.91 Å². The van der Waals surface area contributed by atoms with Crippen molar-refractivity contribution in [3.63, 3.8) is 0 Å². The van der Waals surface area contributed by atoms with E-state index in [2.05, 4.69) is 5.32 Å². The van der Waals surface area contributed by atoms with Crippen molar-refractivity contribution in [2.24, 2.45) is 0 Å². The van der Waals surface area contributed by atoms with Crippen LogP contribution in [0.2, 0.25) is 0 Å². The minimum absolute atomic E-state index is 0.104. The molecule has 0 aromatic heterocycles. The molecular weight excluding hydrogens is 304 g/mol. The van der Waals surface area contributed by atoms with Gasteiger partial charge in [-0.15, -0.1) is 0 Å². The summed E-state index contributed by atoms with van der Waals surface area (Å²) in [6.45, 7) is 0.878. The fourth-order valence-corrected chi connectivity index (χ4v) is 2.87. The number of hydrogen-bond acceptors (Lipinski definition) is 3. The maximum atomic E-state index is 12.2. The Morgan fingerprint density at radius 3 is 2.62 bits per heavy atom. The van der Waals surface area contributed by atoms with Gasteiger partial charge in [-0.3, -0.25) is 9.59 Å². The number of hydrogen-bond donors (Lipinski definition) is 1. The van der Waals surface area contributed by atoms with Crippen LogP contribution in [0.1, 0.15) is 22.3 Å². The molecule has 0 radical (unpaired) electrons. The van der Waals surface area contributed by atoms with Gasteiger partial charge in [-0.1, -0.05) is 18.2 Å². The van der Waals surface area contributed by atoms with E-state index in [1.165, 1.54) is 5.56 Å². The molecule has 5 heteroatoms. The number of anilines is 1. The summed E-state index contributed by atoms with van der Waals surface area (Å²) in [6, 6.07) is 14.9. The molecule has 1 aliphatic heterocycles. The predicted molar refractivity (Wildman–Crippen MR) is 92.4 cm³/mol. The van der Waals surface area contributed by atoms with Crippen molar-refractivity contribution in [3.05, 3.63) is 59.7 Å². The number of benzene rings is 2. The lowest BCUT2D eigenvalue weighted by Gasteiger charge is -2.29. The van der Waals surface area contributed by atoms with E-state index in [0.717, 1.165) is 12.1 Å². The van der Waals surface area contributed by atoms with Crippen LogP contribution in [0.15, 0.2) is 48.5 Å². The molecule has 1 aliphatic rings. The van der Waals surface area contributed by atoms with Crippen LogP contribution in [0.5, 0.6) is 5.75 Å². The molecule has 0 saturated carbocycles. The van der Waals surface area contributed by atoms with Crippen molar-refractivity contribution in [3.8, 4) is 5.75 Å². The molecule has 24 heavy (non-hydrogen) atoms. The van der Waals surface area contributed by atoms with Gasteiger partial charge in [0.05, 0.1) is 7.11 Å². The number of carbonyl (C=O) groups excluding carboxylic acids is 2. The molecule has 1 heterocycles. The zero-order chi connectivity index (χ0) is 16.9. The minimum atomic E-state index is -0.157. The van der Waals surface area contributed by atoms with Gasteiger partial charge in [-0.05, 0) is 42.3 Å². The summed E-state index contributed by atoms with van der Waals surface area (Å²) in [7, 11) is 1.59. The van der Waals surface area contributed by atoms with Gasteiger partial charge < -0.3 is 15.0 Å². The third-order valence-electron chi connectivity index (χ3n) is 4.16. The van der Waals surface area contributed by atoms with E-state index >= 15 is 0 Å². The van der Waals surface area contributed by atoms with Crippen LogP contribution < -0.4 is 15.0 Å². The number of ether oxygens (including phenoxy) is 1. The first-order chi connectivity index (χ1) is 11.7. The molecule has 124 valence electrons. The molecule has 2 amide bonds. The summed E-state index contributed by atoms with van der Waals surface area (Å²) < 4.78 is 5.08. The van der Waals surface area contributed by atoms with Gasteiger partial charge in [-0.25, -0.2) is 0 Å². The van der Waals surface area contributed by atoms with Crippen LogP contribution >= 0.6 is 0 Å². The number of nitrogens with one attached hydrogen (secondary N) is 1. The van der Waals surface area contributed by atoms with Crippen LogP contribution in [-0.4, -0.2) is 32.0 Å². The van der Waals surface area contributed by atoms with Crippen molar-refractivity contribution in [1.82, 2.24) is 5.32 Å². The van der Waals surface area contributed by atoms with Gasteiger partial charge in [0.25, 0.3) is 5.91 Å². The number of para-hydroxylation sites is 1. The summed E-state index contributed by atoms with van der Waals surface area (Å²) in [5.41, 5.74) is 2.70. The van der Waals surface area contributed by atoms with Crippen molar-refractivity contribution < 1.29 is 14.3 Å². The molecule has 0 fully saturated rings. The smallest absolute Gasteiger partial charge is 0.251 e. The third kappa shape index (κ3) is 3.40. The second kappa shape index (κ2) is 7.17. The summed E-state index contributed by atoms with van der Waals surface area (Å²) >= 11 is 0. The number of aryl methyl sites for hydroxylation is 1. The molecule has 0 saturated heterocycles. The zero-order valence-electron chi connectivity index (χ0n) is 13.6. The highest BCUT2D eigenvalue weighted by Crippen LogP contribution is 2.26. The zero-order valence-corrected chi connectivity index (χ0v) is 13.6. The number of amides is 2. The molecule has 0 spiro atoms. The van der Waals surface area contributed by atoms with Gasteiger partial charge in [0, 0.05) is 30.8 Å². The van der Waals surface area contributed by atoms with E-state index in [-0.39, 0.29) is 11.8 Å². The second-order valence-corrected chi connectivity index (χ2v) is 5.66. The van der Waals surface area contributed by atoms with Gasteiger partial charge in [0.15, 0.2) is 0 Å². The fourth-order valence-electron chi connectivity index (χ4n) is 2.87. The Kier molecular flexibility index (Phi) is 4.79. The Labute approximate surface area is 141 Å². The van der Waals surface area contributed by atoms with Gasteiger partial charge in [-0.2, -0.15) is 0 Å². The molecule has 2 aromatic carbocycles. The quantitative estimate of drug-likeness (QED) is 0.919. The molecule has 3 rings (SSSR count). The molecule has 0 bridgehead atoms. The number of fused-ring (bicyclic) bond motifs is 1. The first-order valence-electron chi connectivity index (χ1n) is 7.99. The van der Waals surface area contributed by atoms with Crippen molar-refractivity contribution in [2.45, 2.75) is 12.8 Å². The highest BCUT2D eigenvalue weighted by Gasteiger charge is 2.23. The van der Waals surface area contributed by atoms with Crippen LogP contribution in [0, 0.1) is 0 Å². The maximum Gasteiger partial charge on any atom is 0.251 e. The molecule has 0 unspecified atom stereocenters. The normalized spacial score (nSPS) is 13.4. The average molecular weight is 324 g/mol. The van der Waals surface area contributed by atoms with Crippen molar-refractivity contribution in [2.75, 3.05) is 25.1 Å². The molecule has 5 nitrogen and oxygen atoms in total. The predicted octanol–water partition coefficient (Wildman–Crippen LogP) is 2.40. The Hall–Kier alpha value is -2.82. The summed E-state index contributed by atoms with van der Waals surface area (Å²) in [4.78, 5) is 26.1. The Morgan fingerprint density at radius 2 is 1.88 bits per heavy atom. The van der Waals surface area contributed by atoms with E-state index in [9.17, 15) is 9.59 Å². The van der Waals surface area contributed by atoms with E-state index in [1.807, 2.05) is 24.3 Å². The average Bonchev–Trinajstić information content (AvgIpc) is 2.63. The molecular formula is C19H20N2O3. The Balaban J connectivity index is 1.59. The monoisotopic (exact) mass is 324 g/mol. The summed E-state index contributed by atoms with van der Waals surface area (Å²) in [5, 5.41) is 2.86. The lowest BCUT2D eigenvalue weighted by Crippen LogP contribution is -2.41. The first-order valence-corrected chi connectivity index (χ1v) is 7.99. The SMILES string of the molecule is COc1ccc(C(=O)NCCN2C(=O)CCc3ccccc32)cc1. The third-order valence-corrected chi connectivity index (χ3v) is 4.16. The van der Waals surface area contributed by atoms with Crippen LogP contribution in [0.3, 0.4) is 0 Å². The molecule has 0 atom stereocenters. The van der Waals surface area contributed by atoms with E-state index in [4.69, 9.17) is 4.74 Å². The lowest BCUT2D eigenvalue weighted by molar-refractivity contribution is -0.118. The summed E-state index contributed by atoms with van der Waals surface area (Å²) in [5.74, 6) is 0.657. The first kappa shape index (κ1) is 16.1. The van der Waals surface area contributed by atoms with E-state index < -0.39 is 0 Å². The maximum absolute atomic E-state index is 12.2. The Bertz CT molecular complexity index is 741. The molecule has 2 aromatic rings. The Morgan fingerprint density at radius 1 is 1.12 bits per heavy atom. The van der Waals surface area contributed by atoms with Crippen molar-refractivity contribution in [1.29, 1.82) is 0 Å². The topological polar surface area (TPSA) is 58.6 Å². The van der Waals surface area contributed by atoms with Crippen LogP contribution in [0.25, 0.3) is 0 Å². The molecule has 1 N–H and O–H groups in total. The lowest BCUT2D eigenvalue weighted by atomic mass is 10.0. The van der Waals surface area contributed by atoms with Gasteiger partial charge >= 0.3 is 0 Å². The van der Waals surface area contributed by atoms with Crippen molar-refractivity contribution >= 4 is 17.5 Å². The minimum Gasteiger partial charge on any atom is -0.497 e. The van der Waals surface area contributed by atoms with E-state index in [1.54, 1.807) is 36.3 Å². The highest BCUT2D eigenvalue weighted by molar-refractivity contribution is 5.97. The van der Waals surface area contributed by atoms with Crippen LogP contribution in [-0.2, 0) is 11.2 Å². The van der Waals surface area contributed by atoms with Gasteiger partial charge in [0.1, 0.15) is 5.75 Å². The summed E-state index contributed by atoms with van der Waals surface area (Å²) in [6.07, 6.45) is 1.30. The number of nitrogens with zero attached hydrogens (tertiary/aromatic N) is 1. The number of methoxy groups -OCH3 is 1. The van der Waals surface area contributed by atoms with Crippen LogP contribution in [0.4, 0.5) is 5.69 Å².